The molecule has 1 aromatic rings. The van der Waals surface area contributed by atoms with Crippen molar-refractivity contribution in [2.24, 2.45) is 5.92 Å². The summed E-state index contributed by atoms with van der Waals surface area (Å²) in [6.45, 7) is 2.62. The largest absolute Gasteiger partial charge is 0.493 e. The first-order valence-electron chi connectivity index (χ1n) is 5.33. The molecule has 1 aliphatic rings. The average molecular weight is 259 g/mol. The third kappa shape index (κ3) is 3.87. The summed E-state index contributed by atoms with van der Waals surface area (Å²) in [5.41, 5.74) is 0.0713. The van der Waals surface area contributed by atoms with Crippen molar-refractivity contribution < 1.29 is 9.66 Å². The Labute approximate surface area is 106 Å². The fourth-order valence-corrected chi connectivity index (χ4v) is 1.76. The lowest BCUT2D eigenvalue weighted by molar-refractivity contribution is -0.384. The summed E-state index contributed by atoms with van der Waals surface area (Å²) in [5.74, 6) is 1.08. The molecule has 1 unspecified atom stereocenters. The lowest BCUT2D eigenvalue weighted by atomic mass is 10.1. The molecular weight excluding hydrogens is 244 g/mol. The molecule has 6 heteroatoms. The topological polar surface area (TPSA) is 64.4 Å². The van der Waals surface area contributed by atoms with Crippen molar-refractivity contribution in [1.29, 1.82) is 0 Å². The molecule has 1 fully saturated rings. The van der Waals surface area contributed by atoms with Gasteiger partial charge in [-0.15, -0.1) is 12.4 Å². The highest BCUT2D eigenvalue weighted by molar-refractivity contribution is 5.85. The van der Waals surface area contributed by atoms with Crippen LogP contribution in [0, 0.1) is 16.0 Å². The molecule has 1 N–H and O–H groups in total. The zero-order valence-electron chi connectivity index (χ0n) is 9.30. The lowest BCUT2D eigenvalue weighted by Crippen LogP contribution is -2.15. The van der Waals surface area contributed by atoms with E-state index in [9.17, 15) is 10.1 Å². The molecule has 0 bridgehead atoms. The van der Waals surface area contributed by atoms with Gasteiger partial charge >= 0.3 is 0 Å². The minimum absolute atomic E-state index is 0. The van der Waals surface area contributed by atoms with Crippen molar-refractivity contribution in [3.8, 4) is 5.75 Å². The molecule has 0 aliphatic carbocycles. The van der Waals surface area contributed by atoms with Crippen LogP contribution in [0.3, 0.4) is 0 Å². The Balaban J connectivity index is 0.00000144. The van der Waals surface area contributed by atoms with Gasteiger partial charge in [0.2, 0.25) is 0 Å². The van der Waals surface area contributed by atoms with Gasteiger partial charge in [0.05, 0.1) is 17.6 Å². The Hall–Kier alpha value is -1.33. The van der Waals surface area contributed by atoms with Crippen molar-refractivity contribution in [3.05, 3.63) is 34.4 Å². The number of benzene rings is 1. The Morgan fingerprint density at radius 3 is 3.00 bits per heavy atom. The molecule has 2 rings (SSSR count). The number of nitrogens with zero attached hydrogens (tertiary/aromatic N) is 1. The van der Waals surface area contributed by atoms with E-state index in [0.29, 0.717) is 18.3 Å². The van der Waals surface area contributed by atoms with Crippen LogP contribution in [-0.4, -0.2) is 24.6 Å². The van der Waals surface area contributed by atoms with E-state index in [4.69, 9.17) is 4.74 Å². The smallest absolute Gasteiger partial charge is 0.273 e. The standard InChI is InChI=1S/C11H14N2O3.ClH/c14-13(15)10-2-1-3-11(6-10)16-8-9-4-5-12-7-9;/h1-3,6,9,12H,4-5,7-8H2;1H. The number of halogens is 1. The zero-order chi connectivity index (χ0) is 11.4. The number of rotatable bonds is 4. The lowest BCUT2D eigenvalue weighted by Gasteiger charge is -2.10. The first-order chi connectivity index (χ1) is 7.75. The summed E-state index contributed by atoms with van der Waals surface area (Å²) in [6, 6.07) is 6.31. The molecule has 0 saturated carbocycles. The maximum Gasteiger partial charge on any atom is 0.273 e. The Bertz CT molecular complexity index is 381. The first kappa shape index (κ1) is 13.7. The zero-order valence-corrected chi connectivity index (χ0v) is 10.1. The van der Waals surface area contributed by atoms with Crippen molar-refractivity contribution in [2.45, 2.75) is 6.42 Å². The number of hydrogen-bond donors (Lipinski definition) is 1. The van der Waals surface area contributed by atoms with Crippen LogP contribution < -0.4 is 10.1 Å². The number of nitrogens with one attached hydrogen (secondary N) is 1. The van der Waals surface area contributed by atoms with Gasteiger partial charge in [-0.2, -0.15) is 0 Å². The summed E-state index contributed by atoms with van der Waals surface area (Å²) in [4.78, 5) is 10.1. The highest BCUT2D eigenvalue weighted by atomic mass is 35.5. The monoisotopic (exact) mass is 258 g/mol. The Kier molecular flexibility index (Phi) is 5.18. The highest BCUT2D eigenvalue weighted by Crippen LogP contribution is 2.20. The van der Waals surface area contributed by atoms with Crippen molar-refractivity contribution in [3.63, 3.8) is 0 Å². The van der Waals surface area contributed by atoms with E-state index in [-0.39, 0.29) is 18.1 Å². The molecule has 17 heavy (non-hydrogen) atoms. The third-order valence-corrected chi connectivity index (χ3v) is 2.68. The van der Waals surface area contributed by atoms with Crippen LogP contribution in [0.1, 0.15) is 6.42 Å². The number of hydrogen-bond acceptors (Lipinski definition) is 4. The quantitative estimate of drug-likeness (QED) is 0.663. The van der Waals surface area contributed by atoms with E-state index in [0.717, 1.165) is 19.5 Å². The molecule has 0 aromatic heterocycles. The summed E-state index contributed by atoms with van der Waals surface area (Å²) >= 11 is 0. The van der Waals surface area contributed by atoms with Crippen LogP contribution in [0.2, 0.25) is 0 Å². The van der Waals surface area contributed by atoms with E-state index in [1.165, 1.54) is 12.1 Å². The number of non-ortho nitro benzene ring substituents is 1. The molecule has 0 radical (unpaired) electrons. The molecule has 1 atom stereocenters. The van der Waals surface area contributed by atoms with Gasteiger partial charge in [-0.1, -0.05) is 6.07 Å². The normalized spacial score (nSPS) is 18.5. The molecule has 94 valence electrons. The van der Waals surface area contributed by atoms with Crippen molar-refractivity contribution in [2.75, 3.05) is 19.7 Å². The van der Waals surface area contributed by atoms with Crippen molar-refractivity contribution in [1.82, 2.24) is 5.32 Å². The Morgan fingerprint density at radius 2 is 2.35 bits per heavy atom. The van der Waals surface area contributed by atoms with E-state index in [1.54, 1.807) is 12.1 Å². The van der Waals surface area contributed by atoms with Crippen LogP contribution in [-0.2, 0) is 0 Å². The van der Waals surface area contributed by atoms with Gasteiger partial charge in [0.1, 0.15) is 5.75 Å². The number of nitro benzene ring substituents is 1. The Morgan fingerprint density at radius 1 is 1.53 bits per heavy atom. The number of nitro groups is 1. The predicted octanol–water partition coefficient (Wildman–Crippen LogP) is 2.00. The van der Waals surface area contributed by atoms with Gasteiger partial charge in [0, 0.05) is 18.5 Å². The molecular formula is C11H15ClN2O3. The van der Waals surface area contributed by atoms with Crippen LogP contribution >= 0.6 is 12.4 Å². The first-order valence-corrected chi connectivity index (χ1v) is 5.33. The molecule has 1 heterocycles. The van der Waals surface area contributed by atoms with Gasteiger partial charge in [-0.3, -0.25) is 10.1 Å². The van der Waals surface area contributed by atoms with Crippen LogP contribution in [0.15, 0.2) is 24.3 Å². The summed E-state index contributed by atoms with van der Waals surface area (Å²) in [5, 5.41) is 13.8. The van der Waals surface area contributed by atoms with Crippen LogP contribution in [0.25, 0.3) is 0 Å². The van der Waals surface area contributed by atoms with Gasteiger partial charge in [-0.25, -0.2) is 0 Å². The maximum absolute atomic E-state index is 10.6. The van der Waals surface area contributed by atoms with E-state index in [1.807, 2.05) is 0 Å². The molecule has 0 spiro atoms. The van der Waals surface area contributed by atoms with Crippen LogP contribution in [0.4, 0.5) is 5.69 Å². The van der Waals surface area contributed by atoms with Crippen LogP contribution in [0.5, 0.6) is 5.75 Å². The fourth-order valence-electron chi connectivity index (χ4n) is 1.76. The minimum Gasteiger partial charge on any atom is -0.493 e. The summed E-state index contributed by atoms with van der Waals surface area (Å²) in [7, 11) is 0. The summed E-state index contributed by atoms with van der Waals surface area (Å²) in [6.07, 6.45) is 1.11. The maximum atomic E-state index is 10.6. The molecule has 5 nitrogen and oxygen atoms in total. The SMILES string of the molecule is Cl.O=[N+]([O-])c1cccc(OCC2CCNC2)c1. The second-order valence-corrected chi connectivity index (χ2v) is 3.92. The minimum atomic E-state index is -0.413. The third-order valence-electron chi connectivity index (χ3n) is 2.68. The second-order valence-electron chi connectivity index (χ2n) is 3.92. The molecule has 0 amide bonds. The molecule has 1 aromatic carbocycles. The van der Waals surface area contributed by atoms with Gasteiger partial charge in [0.15, 0.2) is 0 Å². The van der Waals surface area contributed by atoms with Crippen molar-refractivity contribution >= 4 is 18.1 Å². The molecule has 1 aliphatic heterocycles. The molecule has 1 saturated heterocycles. The second kappa shape index (κ2) is 6.42. The van der Waals surface area contributed by atoms with Gasteiger partial charge in [-0.05, 0) is 19.0 Å². The van der Waals surface area contributed by atoms with E-state index >= 15 is 0 Å². The fraction of sp³-hybridized carbons (Fsp3) is 0.455. The van der Waals surface area contributed by atoms with Gasteiger partial charge < -0.3 is 10.1 Å². The van der Waals surface area contributed by atoms with E-state index < -0.39 is 4.92 Å². The summed E-state index contributed by atoms with van der Waals surface area (Å²) < 4.78 is 5.54. The highest BCUT2D eigenvalue weighted by Gasteiger charge is 2.15. The predicted molar refractivity (Wildman–Crippen MR) is 66.8 cm³/mol. The van der Waals surface area contributed by atoms with Gasteiger partial charge in [0.25, 0.3) is 5.69 Å². The van der Waals surface area contributed by atoms with E-state index in [2.05, 4.69) is 5.32 Å². The number of ether oxygens (including phenoxy) is 1. The average Bonchev–Trinajstić information content (AvgIpc) is 2.79.